The molecule has 0 fully saturated rings. The van der Waals surface area contributed by atoms with Crippen molar-refractivity contribution in [3.05, 3.63) is 106 Å². The zero-order valence-corrected chi connectivity index (χ0v) is 15.8. The number of amides is 1. The number of hydrogen-bond donors (Lipinski definition) is 0. The highest BCUT2D eigenvalue weighted by Crippen LogP contribution is 2.36. The molecule has 1 amide bonds. The lowest BCUT2D eigenvalue weighted by atomic mass is 10.1. The Morgan fingerprint density at radius 2 is 1.57 bits per heavy atom. The molecule has 30 heavy (non-hydrogen) atoms. The highest BCUT2D eigenvalue weighted by Gasteiger charge is 2.35. The van der Waals surface area contributed by atoms with E-state index in [2.05, 4.69) is 4.98 Å². The Morgan fingerprint density at radius 1 is 0.833 bits per heavy atom. The normalized spacial score (nSPS) is 15.3. The molecule has 144 valence electrons. The number of anilines is 1. The third-order valence-corrected chi connectivity index (χ3v) is 5.45. The van der Waals surface area contributed by atoms with Gasteiger partial charge in [0.2, 0.25) is 5.42 Å². The van der Waals surface area contributed by atoms with Crippen LogP contribution in [0.1, 0.15) is 11.1 Å². The fourth-order valence-corrected chi connectivity index (χ4v) is 4.09. The summed E-state index contributed by atoms with van der Waals surface area (Å²) in [5.74, 6) is -0.0612. The third kappa shape index (κ3) is 2.27. The van der Waals surface area contributed by atoms with Gasteiger partial charge in [-0.15, -0.1) is 0 Å². The van der Waals surface area contributed by atoms with Crippen molar-refractivity contribution in [3.63, 3.8) is 0 Å². The van der Waals surface area contributed by atoms with Gasteiger partial charge in [-0.05, 0) is 23.8 Å². The summed E-state index contributed by atoms with van der Waals surface area (Å²) in [6.45, 7) is 0.412. The molecule has 0 spiro atoms. The van der Waals surface area contributed by atoms with Crippen molar-refractivity contribution >= 4 is 34.0 Å². The first kappa shape index (κ1) is 16.7. The number of carbonyl (C=O) groups excluding carboxylic acids is 1. The van der Waals surface area contributed by atoms with Crippen molar-refractivity contribution in [1.82, 2.24) is 9.38 Å². The first-order valence-electron chi connectivity index (χ1n) is 9.62. The van der Waals surface area contributed by atoms with Gasteiger partial charge in [-0.25, -0.2) is 4.40 Å². The van der Waals surface area contributed by atoms with Gasteiger partial charge >= 0.3 is 11.4 Å². The molecule has 3 heterocycles. The molecular weight excluding hydrogens is 378 g/mol. The molecule has 0 atom stereocenters. The van der Waals surface area contributed by atoms with Crippen LogP contribution >= 0.6 is 0 Å². The molecule has 0 bridgehead atoms. The minimum absolute atomic E-state index is 0.0243. The first-order chi connectivity index (χ1) is 14.7. The van der Waals surface area contributed by atoms with Crippen LogP contribution in [-0.4, -0.2) is 15.3 Å². The molecule has 6 nitrogen and oxygen atoms in total. The molecule has 2 aromatic heterocycles. The van der Waals surface area contributed by atoms with Gasteiger partial charge in [0.15, 0.2) is 0 Å². The standard InChI is InChI=1S/C24H15N3O3/c28-22-20(21-23(29)27-19-13-7-5-11-17(19)25-24(27)30-21)16-10-4-6-12-18(16)26(22)14-15-8-2-1-3-9-15/h1-13H,14H2. The molecule has 0 unspecified atom stereocenters. The lowest BCUT2D eigenvalue weighted by Gasteiger charge is -2.16. The number of oxazole rings is 1. The Balaban J connectivity index is 1.61. The van der Waals surface area contributed by atoms with Crippen LogP contribution in [0.2, 0.25) is 0 Å². The number of hydrogen-bond acceptors (Lipinski definition) is 4. The monoisotopic (exact) mass is 393 g/mol. The van der Waals surface area contributed by atoms with E-state index in [1.165, 1.54) is 4.40 Å². The van der Waals surface area contributed by atoms with E-state index in [-0.39, 0.29) is 28.3 Å². The molecular formula is C24H15N3O3. The van der Waals surface area contributed by atoms with Crippen molar-refractivity contribution in [2.24, 2.45) is 0 Å². The number of aromatic nitrogens is 2. The Bertz CT molecular complexity index is 1560. The van der Waals surface area contributed by atoms with Crippen molar-refractivity contribution < 1.29 is 9.21 Å². The third-order valence-electron chi connectivity index (χ3n) is 5.45. The van der Waals surface area contributed by atoms with Crippen LogP contribution in [0, 0.1) is 0 Å². The lowest BCUT2D eigenvalue weighted by molar-refractivity contribution is -0.113. The molecule has 3 aromatic carbocycles. The van der Waals surface area contributed by atoms with Crippen molar-refractivity contribution in [2.45, 2.75) is 6.54 Å². The fraction of sp³-hybridized carbons (Fsp3) is 0.0417. The minimum atomic E-state index is -0.376. The summed E-state index contributed by atoms with van der Waals surface area (Å²) < 4.78 is 7.27. The van der Waals surface area contributed by atoms with Gasteiger partial charge in [-0.1, -0.05) is 60.7 Å². The predicted octanol–water partition coefficient (Wildman–Crippen LogP) is 2.91. The van der Waals surface area contributed by atoms with E-state index >= 15 is 0 Å². The largest absolute Gasteiger partial charge is 0.418 e. The average Bonchev–Trinajstić information content (AvgIpc) is 3.38. The van der Waals surface area contributed by atoms with E-state index in [1.807, 2.05) is 78.9 Å². The van der Waals surface area contributed by atoms with Gasteiger partial charge in [-0.2, -0.15) is 4.98 Å². The fourth-order valence-electron chi connectivity index (χ4n) is 4.09. The number of fused-ring (bicyclic) bond motifs is 4. The second-order valence-electron chi connectivity index (χ2n) is 7.22. The van der Waals surface area contributed by atoms with Crippen LogP contribution in [0.4, 0.5) is 5.69 Å². The lowest BCUT2D eigenvalue weighted by Crippen LogP contribution is -2.32. The van der Waals surface area contributed by atoms with E-state index in [0.717, 1.165) is 11.3 Å². The van der Waals surface area contributed by atoms with Crippen LogP contribution in [0.5, 0.6) is 0 Å². The molecule has 0 aliphatic carbocycles. The summed E-state index contributed by atoms with van der Waals surface area (Å²) in [6.07, 6.45) is 0. The minimum Gasteiger partial charge on any atom is -0.418 e. The molecule has 5 aromatic rings. The number of para-hydroxylation sites is 3. The summed E-state index contributed by atoms with van der Waals surface area (Å²) in [5.41, 5.74) is 3.72. The zero-order valence-electron chi connectivity index (χ0n) is 15.8. The second-order valence-corrected chi connectivity index (χ2v) is 7.22. The molecule has 0 saturated heterocycles. The number of rotatable bonds is 2. The molecule has 0 radical (unpaired) electrons. The highest BCUT2D eigenvalue weighted by molar-refractivity contribution is 6.31. The van der Waals surface area contributed by atoms with Crippen molar-refractivity contribution in [3.8, 4) is 0 Å². The first-order valence-corrected chi connectivity index (χ1v) is 9.62. The van der Waals surface area contributed by atoms with E-state index in [4.69, 9.17) is 4.42 Å². The summed E-state index contributed by atoms with van der Waals surface area (Å²) >= 11 is 0. The smallest absolute Gasteiger partial charge is 0.310 e. The summed E-state index contributed by atoms with van der Waals surface area (Å²) in [5, 5.41) is 0. The van der Waals surface area contributed by atoms with Gasteiger partial charge in [0.25, 0.3) is 5.91 Å². The molecule has 1 aliphatic rings. The molecule has 0 N–H and O–H groups in total. The maximum absolute atomic E-state index is 13.4. The van der Waals surface area contributed by atoms with E-state index < -0.39 is 0 Å². The second kappa shape index (κ2) is 6.15. The van der Waals surface area contributed by atoms with Gasteiger partial charge in [0.05, 0.1) is 28.8 Å². The topological polar surface area (TPSA) is 67.8 Å². The van der Waals surface area contributed by atoms with E-state index in [1.54, 1.807) is 4.90 Å². The predicted molar refractivity (Wildman–Crippen MR) is 113 cm³/mol. The van der Waals surface area contributed by atoms with Crippen LogP contribution < -0.4 is 15.9 Å². The van der Waals surface area contributed by atoms with Crippen molar-refractivity contribution in [2.75, 3.05) is 4.90 Å². The van der Waals surface area contributed by atoms with Crippen LogP contribution in [0.3, 0.4) is 0 Å². The summed E-state index contributed by atoms with van der Waals surface area (Å²) in [7, 11) is 0. The average molecular weight is 393 g/mol. The maximum Gasteiger partial charge on any atom is 0.310 e. The molecule has 6 heteroatoms. The van der Waals surface area contributed by atoms with Crippen LogP contribution in [0.15, 0.2) is 88.1 Å². The van der Waals surface area contributed by atoms with E-state index in [9.17, 15) is 9.59 Å². The Hall–Kier alpha value is -4.19. The Labute approximate surface area is 170 Å². The molecule has 1 aliphatic heterocycles. The van der Waals surface area contributed by atoms with Crippen molar-refractivity contribution in [1.29, 1.82) is 0 Å². The van der Waals surface area contributed by atoms with Crippen LogP contribution in [-0.2, 0) is 11.3 Å². The van der Waals surface area contributed by atoms with Gasteiger partial charge in [0, 0.05) is 5.56 Å². The Morgan fingerprint density at radius 3 is 2.43 bits per heavy atom. The number of imidazole rings is 1. The number of nitrogens with zero attached hydrogens (tertiary/aromatic N) is 3. The van der Waals surface area contributed by atoms with Gasteiger partial charge in [0.1, 0.15) is 0 Å². The highest BCUT2D eigenvalue weighted by atomic mass is 16.4. The molecule has 0 saturated carbocycles. The quantitative estimate of drug-likeness (QED) is 0.463. The van der Waals surface area contributed by atoms with E-state index in [0.29, 0.717) is 23.1 Å². The molecule has 6 rings (SSSR count). The van der Waals surface area contributed by atoms with Gasteiger partial charge in [-0.3, -0.25) is 9.59 Å². The number of carbonyl (C=O) groups is 1. The maximum atomic E-state index is 13.4. The summed E-state index contributed by atoms with van der Waals surface area (Å²) in [6, 6.07) is 24.6. The zero-order chi connectivity index (χ0) is 20.2. The summed E-state index contributed by atoms with van der Waals surface area (Å²) in [4.78, 5) is 32.8. The van der Waals surface area contributed by atoms with Gasteiger partial charge < -0.3 is 9.32 Å². The van der Waals surface area contributed by atoms with Crippen LogP contribution in [0.25, 0.3) is 22.5 Å². The number of benzene rings is 3. The Kier molecular flexibility index (Phi) is 3.43. The SMILES string of the molecule is O=C1C(=c2oc3nc4ccccc4n3c2=O)c2ccccc2N1Cc1ccccc1.